The molecular weight excluding hydrogens is 237 g/mol. The number of nitrogens with zero attached hydrogens (tertiary/aromatic N) is 1. The first-order valence-electron chi connectivity index (χ1n) is 6.05. The third-order valence-electron chi connectivity index (χ3n) is 3.12. The van der Waals surface area contributed by atoms with E-state index < -0.39 is 7.12 Å². The number of hydrogen-bond donors (Lipinski definition) is 2. The highest BCUT2D eigenvalue weighted by atomic mass is 16.4. The zero-order chi connectivity index (χ0) is 13.2. The van der Waals surface area contributed by atoms with Gasteiger partial charge in [0.05, 0.1) is 5.69 Å². The molecule has 0 unspecified atom stereocenters. The second kappa shape index (κ2) is 4.84. The summed E-state index contributed by atoms with van der Waals surface area (Å²) in [6, 6.07) is 17.2. The van der Waals surface area contributed by atoms with Crippen LogP contribution < -0.4 is 5.46 Å². The summed E-state index contributed by atoms with van der Waals surface area (Å²) in [5.74, 6) is 0. The van der Waals surface area contributed by atoms with Crippen molar-refractivity contribution in [2.45, 2.75) is 0 Å². The van der Waals surface area contributed by atoms with Crippen LogP contribution in [0.25, 0.3) is 22.0 Å². The van der Waals surface area contributed by atoms with Gasteiger partial charge in [-0.05, 0) is 34.4 Å². The van der Waals surface area contributed by atoms with Crippen LogP contribution in [0.1, 0.15) is 0 Å². The summed E-state index contributed by atoms with van der Waals surface area (Å²) < 4.78 is 0. The molecule has 3 rings (SSSR count). The van der Waals surface area contributed by atoms with Gasteiger partial charge in [0.2, 0.25) is 0 Å². The van der Waals surface area contributed by atoms with Crippen LogP contribution >= 0.6 is 0 Å². The lowest BCUT2D eigenvalue weighted by Gasteiger charge is -2.05. The van der Waals surface area contributed by atoms with Crippen molar-refractivity contribution in [3.63, 3.8) is 0 Å². The van der Waals surface area contributed by atoms with Crippen molar-refractivity contribution in [1.29, 1.82) is 0 Å². The molecule has 0 atom stereocenters. The molecule has 1 aromatic heterocycles. The van der Waals surface area contributed by atoms with Crippen LogP contribution in [0.3, 0.4) is 0 Å². The summed E-state index contributed by atoms with van der Waals surface area (Å²) in [4.78, 5) is 4.31. The van der Waals surface area contributed by atoms with Crippen LogP contribution in [0.5, 0.6) is 0 Å². The van der Waals surface area contributed by atoms with Gasteiger partial charge in [0.25, 0.3) is 0 Å². The fourth-order valence-electron chi connectivity index (χ4n) is 2.12. The molecule has 2 N–H and O–H groups in total. The van der Waals surface area contributed by atoms with E-state index in [1.807, 2.05) is 42.5 Å². The SMILES string of the molecule is OB(O)c1ccc2ccc(-c3ccccn3)cc2c1. The van der Waals surface area contributed by atoms with Gasteiger partial charge in [0.15, 0.2) is 0 Å². The van der Waals surface area contributed by atoms with Gasteiger partial charge in [0, 0.05) is 11.8 Å². The van der Waals surface area contributed by atoms with Crippen molar-refractivity contribution in [3.05, 3.63) is 60.8 Å². The van der Waals surface area contributed by atoms with Crippen molar-refractivity contribution in [2.75, 3.05) is 0 Å². The Kier molecular flexibility index (Phi) is 3.03. The van der Waals surface area contributed by atoms with E-state index in [9.17, 15) is 10.0 Å². The minimum atomic E-state index is -1.44. The summed E-state index contributed by atoms with van der Waals surface area (Å²) >= 11 is 0. The Balaban J connectivity index is 2.14. The van der Waals surface area contributed by atoms with E-state index in [4.69, 9.17) is 0 Å². The van der Waals surface area contributed by atoms with Crippen molar-refractivity contribution in [1.82, 2.24) is 4.98 Å². The minimum Gasteiger partial charge on any atom is -0.423 e. The van der Waals surface area contributed by atoms with Crippen LogP contribution in [0.4, 0.5) is 0 Å². The maximum absolute atomic E-state index is 9.21. The second-order valence-corrected chi connectivity index (χ2v) is 4.41. The second-order valence-electron chi connectivity index (χ2n) is 4.41. The molecule has 3 nitrogen and oxygen atoms in total. The highest BCUT2D eigenvalue weighted by Gasteiger charge is 2.11. The molecule has 0 aliphatic heterocycles. The first-order valence-corrected chi connectivity index (χ1v) is 6.05. The molecule has 0 amide bonds. The minimum absolute atomic E-state index is 0.491. The van der Waals surface area contributed by atoms with Gasteiger partial charge in [-0.25, -0.2) is 0 Å². The predicted molar refractivity (Wildman–Crippen MR) is 77.0 cm³/mol. The molecule has 0 fully saturated rings. The lowest BCUT2D eigenvalue weighted by molar-refractivity contribution is 0.426. The fourth-order valence-corrected chi connectivity index (χ4v) is 2.12. The van der Waals surface area contributed by atoms with Crippen LogP contribution in [0.15, 0.2) is 60.8 Å². The summed E-state index contributed by atoms with van der Waals surface area (Å²) in [6.07, 6.45) is 1.76. The van der Waals surface area contributed by atoms with Crippen molar-refractivity contribution in [2.24, 2.45) is 0 Å². The Morgan fingerprint density at radius 3 is 2.42 bits per heavy atom. The van der Waals surface area contributed by atoms with Gasteiger partial charge >= 0.3 is 7.12 Å². The largest absolute Gasteiger partial charge is 0.488 e. The topological polar surface area (TPSA) is 53.4 Å². The summed E-state index contributed by atoms with van der Waals surface area (Å²) in [5, 5.41) is 20.5. The average Bonchev–Trinajstić information content (AvgIpc) is 2.47. The molecule has 0 radical (unpaired) electrons. The van der Waals surface area contributed by atoms with Gasteiger partial charge < -0.3 is 10.0 Å². The van der Waals surface area contributed by atoms with Crippen molar-refractivity contribution >= 4 is 23.4 Å². The number of pyridine rings is 1. The molecule has 0 aliphatic carbocycles. The quantitative estimate of drug-likeness (QED) is 0.678. The van der Waals surface area contributed by atoms with E-state index in [2.05, 4.69) is 4.98 Å². The molecule has 3 aromatic rings. The molecule has 0 spiro atoms. The lowest BCUT2D eigenvalue weighted by Crippen LogP contribution is -2.29. The van der Waals surface area contributed by atoms with Gasteiger partial charge in [0.1, 0.15) is 0 Å². The van der Waals surface area contributed by atoms with E-state index in [-0.39, 0.29) is 0 Å². The standard InChI is InChI=1S/C15H12BNO2/c18-16(19)14-7-6-11-4-5-12(9-13(11)10-14)15-3-1-2-8-17-15/h1-10,18-19H. The number of fused-ring (bicyclic) bond motifs is 1. The van der Waals surface area contributed by atoms with Gasteiger partial charge in [-0.2, -0.15) is 0 Å². The van der Waals surface area contributed by atoms with Crippen molar-refractivity contribution in [3.8, 4) is 11.3 Å². The molecule has 92 valence electrons. The Bertz CT molecular complexity index is 714. The van der Waals surface area contributed by atoms with Gasteiger partial charge in [-0.1, -0.05) is 36.4 Å². The van der Waals surface area contributed by atoms with Crippen LogP contribution in [-0.4, -0.2) is 22.2 Å². The lowest BCUT2D eigenvalue weighted by atomic mass is 9.79. The predicted octanol–water partition coefficient (Wildman–Crippen LogP) is 1.58. The van der Waals surface area contributed by atoms with E-state index in [0.29, 0.717) is 5.46 Å². The highest BCUT2D eigenvalue weighted by Crippen LogP contribution is 2.22. The summed E-state index contributed by atoms with van der Waals surface area (Å²) in [5.41, 5.74) is 2.41. The molecule has 1 heterocycles. The maximum Gasteiger partial charge on any atom is 0.488 e. The molecule has 4 heteroatoms. The zero-order valence-electron chi connectivity index (χ0n) is 10.2. The number of benzene rings is 2. The number of aromatic nitrogens is 1. The molecule has 2 aromatic carbocycles. The zero-order valence-corrected chi connectivity index (χ0v) is 10.2. The molecular formula is C15H12BNO2. The van der Waals surface area contributed by atoms with Gasteiger partial charge in [-0.15, -0.1) is 0 Å². The Morgan fingerprint density at radius 2 is 1.68 bits per heavy atom. The Morgan fingerprint density at radius 1 is 0.842 bits per heavy atom. The highest BCUT2D eigenvalue weighted by molar-refractivity contribution is 6.58. The van der Waals surface area contributed by atoms with E-state index in [1.165, 1.54) is 0 Å². The van der Waals surface area contributed by atoms with Gasteiger partial charge in [-0.3, -0.25) is 4.98 Å². The van der Waals surface area contributed by atoms with E-state index in [1.54, 1.807) is 18.3 Å². The van der Waals surface area contributed by atoms with Crippen LogP contribution in [0.2, 0.25) is 0 Å². The smallest absolute Gasteiger partial charge is 0.423 e. The molecule has 0 aliphatic rings. The number of hydrogen-bond acceptors (Lipinski definition) is 3. The first kappa shape index (κ1) is 11.9. The maximum atomic E-state index is 9.21. The first-order chi connectivity index (χ1) is 9.24. The van der Waals surface area contributed by atoms with E-state index in [0.717, 1.165) is 22.0 Å². The summed E-state index contributed by atoms with van der Waals surface area (Å²) in [6.45, 7) is 0. The normalized spacial score (nSPS) is 10.6. The molecule has 0 saturated heterocycles. The van der Waals surface area contributed by atoms with Crippen molar-refractivity contribution < 1.29 is 10.0 Å². The third-order valence-corrected chi connectivity index (χ3v) is 3.12. The molecule has 0 saturated carbocycles. The van der Waals surface area contributed by atoms with Crippen LogP contribution in [-0.2, 0) is 0 Å². The Hall–Kier alpha value is -2.17. The average molecular weight is 249 g/mol. The van der Waals surface area contributed by atoms with E-state index >= 15 is 0 Å². The summed E-state index contributed by atoms with van der Waals surface area (Å²) in [7, 11) is -1.44. The third kappa shape index (κ3) is 2.36. The number of rotatable bonds is 2. The monoisotopic (exact) mass is 249 g/mol. The van der Waals surface area contributed by atoms with Crippen LogP contribution in [0, 0.1) is 0 Å². The molecule has 0 bridgehead atoms. The molecule has 19 heavy (non-hydrogen) atoms. The fraction of sp³-hybridized carbons (Fsp3) is 0. The Labute approximate surface area is 111 Å².